The molecule has 1 aromatic carbocycles. The summed E-state index contributed by atoms with van der Waals surface area (Å²) in [6, 6.07) is 8.18. The van der Waals surface area contributed by atoms with Crippen molar-refractivity contribution >= 4 is 28.3 Å². The highest BCUT2D eigenvalue weighted by atomic mass is 16.5. The molecular weight excluding hydrogens is 422 g/mol. The lowest BCUT2D eigenvalue weighted by atomic mass is 10.1. The lowest BCUT2D eigenvalue weighted by Crippen LogP contribution is -2.50. The zero-order valence-corrected chi connectivity index (χ0v) is 19.0. The molecule has 0 radical (unpaired) electrons. The fourth-order valence-corrected chi connectivity index (χ4v) is 4.18. The van der Waals surface area contributed by atoms with E-state index in [0.29, 0.717) is 34.2 Å². The predicted octanol–water partition coefficient (Wildman–Crippen LogP) is 2.88. The fourth-order valence-electron chi connectivity index (χ4n) is 4.18. The molecule has 0 unspecified atom stereocenters. The summed E-state index contributed by atoms with van der Waals surface area (Å²) >= 11 is 0. The first kappa shape index (κ1) is 21.1. The number of aryl methyl sites for hydroxylation is 1. The molecule has 1 aliphatic rings. The number of hydrogen-bond acceptors (Lipinski definition) is 8. The van der Waals surface area contributed by atoms with Crippen molar-refractivity contribution in [2.75, 3.05) is 31.6 Å². The van der Waals surface area contributed by atoms with Crippen molar-refractivity contribution in [1.29, 1.82) is 0 Å². The number of carbonyl (C=O) groups is 1. The van der Waals surface area contributed by atoms with Crippen LogP contribution in [0.3, 0.4) is 0 Å². The Morgan fingerprint density at radius 2 is 2.00 bits per heavy atom. The molecule has 170 valence electrons. The number of anilines is 1. The van der Waals surface area contributed by atoms with Crippen LogP contribution in [0.15, 0.2) is 45.9 Å². The number of rotatable bonds is 3. The molecule has 1 atom stereocenters. The summed E-state index contributed by atoms with van der Waals surface area (Å²) in [6.07, 6.45) is 3.46. The minimum absolute atomic E-state index is 0.102. The number of nitrogens with zero attached hydrogens (tertiary/aromatic N) is 5. The Balaban J connectivity index is 1.54. The third-order valence-electron chi connectivity index (χ3n) is 6.09. The summed E-state index contributed by atoms with van der Waals surface area (Å²) in [5.41, 5.74) is 2.85. The first-order valence-electron chi connectivity index (χ1n) is 10.9. The predicted molar refractivity (Wildman–Crippen MR) is 125 cm³/mol. The number of likely N-dealkylation sites (N-methyl/N-ethyl adjacent to an activating group) is 1. The van der Waals surface area contributed by atoms with Gasteiger partial charge in [0.2, 0.25) is 5.65 Å². The van der Waals surface area contributed by atoms with E-state index < -0.39 is 11.6 Å². The van der Waals surface area contributed by atoms with Crippen molar-refractivity contribution in [2.45, 2.75) is 26.8 Å². The van der Waals surface area contributed by atoms with Gasteiger partial charge in [0.1, 0.15) is 5.58 Å². The maximum absolute atomic E-state index is 12.9. The van der Waals surface area contributed by atoms with E-state index in [0.717, 1.165) is 30.7 Å². The monoisotopic (exact) mass is 447 g/mol. The van der Waals surface area contributed by atoms with Gasteiger partial charge >= 0.3 is 11.6 Å². The molecule has 4 aromatic rings. The summed E-state index contributed by atoms with van der Waals surface area (Å²) < 4.78 is 12.6. The van der Waals surface area contributed by atoms with Crippen LogP contribution in [-0.2, 0) is 4.79 Å². The van der Waals surface area contributed by atoms with E-state index in [2.05, 4.69) is 39.8 Å². The number of carbonyl (C=O) groups excluding carboxylic acids is 1. The van der Waals surface area contributed by atoms with Gasteiger partial charge in [-0.25, -0.2) is 14.8 Å². The number of ether oxygens (including phenoxy) is 1. The van der Waals surface area contributed by atoms with E-state index in [1.807, 2.05) is 12.1 Å². The molecule has 1 saturated heterocycles. The molecule has 0 aliphatic carbocycles. The molecule has 9 heteroatoms. The van der Waals surface area contributed by atoms with Crippen LogP contribution in [0.4, 0.5) is 5.69 Å². The molecule has 0 N–H and O–H groups in total. The maximum atomic E-state index is 12.9. The summed E-state index contributed by atoms with van der Waals surface area (Å²) in [7, 11) is 2.13. The Hall–Kier alpha value is -3.72. The minimum Gasteiger partial charge on any atom is -0.422 e. The van der Waals surface area contributed by atoms with Crippen LogP contribution in [0.1, 0.15) is 19.5 Å². The first-order chi connectivity index (χ1) is 15.8. The van der Waals surface area contributed by atoms with Crippen molar-refractivity contribution in [3.05, 3.63) is 52.8 Å². The SMILES string of the molecule is CC(=O)Oc1nc(C)cn2cc(-c3cc4ccc(N5CCN(C)[C@H](C)C5)cc4oc3=O)nc12. The summed E-state index contributed by atoms with van der Waals surface area (Å²) in [5, 5.41) is 0.807. The second-order valence-electron chi connectivity index (χ2n) is 8.58. The zero-order chi connectivity index (χ0) is 23.3. The highest BCUT2D eigenvalue weighted by Crippen LogP contribution is 2.27. The van der Waals surface area contributed by atoms with Crippen molar-refractivity contribution in [3.8, 4) is 17.1 Å². The zero-order valence-electron chi connectivity index (χ0n) is 19.0. The van der Waals surface area contributed by atoms with E-state index in [1.54, 1.807) is 29.8 Å². The Kier molecular flexibility index (Phi) is 5.13. The molecule has 9 nitrogen and oxygen atoms in total. The van der Waals surface area contributed by atoms with Gasteiger partial charge in [0.15, 0.2) is 0 Å². The van der Waals surface area contributed by atoms with Gasteiger partial charge < -0.3 is 23.4 Å². The van der Waals surface area contributed by atoms with Gasteiger partial charge in [0.05, 0.1) is 17.0 Å². The van der Waals surface area contributed by atoms with Crippen molar-refractivity contribution in [1.82, 2.24) is 19.3 Å². The van der Waals surface area contributed by atoms with Crippen LogP contribution in [0.5, 0.6) is 5.88 Å². The third kappa shape index (κ3) is 3.95. The topological polar surface area (TPSA) is 93.2 Å². The van der Waals surface area contributed by atoms with E-state index >= 15 is 0 Å². The molecular formula is C24H25N5O4. The summed E-state index contributed by atoms with van der Waals surface area (Å²) in [4.78, 5) is 37.7. The molecule has 33 heavy (non-hydrogen) atoms. The average molecular weight is 447 g/mol. The van der Waals surface area contributed by atoms with Gasteiger partial charge in [-0.05, 0) is 39.1 Å². The number of fused-ring (bicyclic) bond motifs is 2. The summed E-state index contributed by atoms with van der Waals surface area (Å²) in [5.74, 6) is -0.389. The molecule has 0 saturated carbocycles. The van der Waals surface area contributed by atoms with Gasteiger partial charge in [0.25, 0.3) is 5.88 Å². The molecule has 4 heterocycles. The number of imidazole rings is 1. The smallest absolute Gasteiger partial charge is 0.345 e. The molecule has 1 fully saturated rings. The van der Waals surface area contributed by atoms with E-state index in [1.165, 1.54) is 6.92 Å². The molecule has 0 amide bonds. The second kappa shape index (κ2) is 8.00. The second-order valence-corrected chi connectivity index (χ2v) is 8.58. The van der Waals surface area contributed by atoms with Gasteiger partial charge in [0, 0.05) is 62.1 Å². The number of hydrogen-bond donors (Lipinski definition) is 0. The van der Waals surface area contributed by atoms with Gasteiger partial charge in [-0.3, -0.25) is 4.79 Å². The Labute approximate surface area is 190 Å². The van der Waals surface area contributed by atoms with Crippen molar-refractivity contribution < 1.29 is 13.9 Å². The number of piperazine rings is 1. The Morgan fingerprint density at radius 3 is 2.76 bits per heavy atom. The van der Waals surface area contributed by atoms with Gasteiger partial charge in [-0.15, -0.1) is 0 Å². The molecule has 5 rings (SSSR count). The normalized spacial score (nSPS) is 17.1. The minimum atomic E-state index is -0.490. The Bertz CT molecular complexity index is 1440. The van der Waals surface area contributed by atoms with E-state index in [-0.39, 0.29) is 5.88 Å². The van der Waals surface area contributed by atoms with Crippen LogP contribution in [-0.4, -0.2) is 58.0 Å². The van der Waals surface area contributed by atoms with Crippen LogP contribution in [0, 0.1) is 6.92 Å². The molecule has 1 aliphatic heterocycles. The largest absolute Gasteiger partial charge is 0.422 e. The van der Waals surface area contributed by atoms with Crippen LogP contribution < -0.4 is 15.3 Å². The molecule has 3 aromatic heterocycles. The molecule has 0 bridgehead atoms. The van der Waals surface area contributed by atoms with Crippen molar-refractivity contribution in [3.63, 3.8) is 0 Å². The third-order valence-corrected chi connectivity index (χ3v) is 6.09. The lowest BCUT2D eigenvalue weighted by molar-refractivity contribution is -0.132. The van der Waals surface area contributed by atoms with Crippen LogP contribution >= 0.6 is 0 Å². The van der Waals surface area contributed by atoms with Gasteiger partial charge in [-0.2, -0.15) is 0 Å². The summed E-state index contributed by atoms with van der Waals surface area (Å²) in [6.45, 7) is 8.13. The van der Waals surface area contributed by atoms with E-state index in [4.69, 9.17) is 9.15 Å². The van der Waals surface area contributed by atoms with E-state index in [9.17, 15) is 9.59 Å². The number of aromatic nitrogens is 3. The van der Waals surface area contributed by atoms with Crippen LogP contribution in [0.2, 0.25) is 0 Å². The van der Waals surface area contributed by atoms with Crippen LogP contribution in [0.25, 0.3) is 27.9 Å². The fraction of sp³-hybridized carbons (Fsp3) is 0.333. The Morgan fingerprint density at radius 1 is 1.18 bits per heavy atom. The highest BCUT2D eigenvalue weighted by molar-refractivity contribution is 5.84. The first-order valence-corrected chi connectivity index (χ1v) is 10.9. The van der Waals surface area contributed by atoms with Crippen molar-refractivity contribution in [2.24, 2.45) is 0 Å². The average Bonchev–Trinajstić information content (AvgIpc) is 3.18. The number of esters is 1. The highest BCUT2D eigenvalue weighted by Gasteiger charge is 2.22. The number of benzene rings is 1. The standard InChI is InChI=1S/C24H25N5O4/c1-14-11-29-13-20(26-22(29)23(25-14)32-16(3)30)19-9-17-5-6-18(10-21(17)33-24(19)31)28-8-7-27(4)15(2)12-28/h5-6,9-11,13,15H,7-8,12H2,1-4H3/t15-/m1/s1. The maximum Gasteiger partial charge on any atom is 0.345 e. The quantitative estimate of drug-likeness (QED) is 0.350. The van der Waals surface area contributed by atoms with Gasteiger partial charge in [-0.1, -0.05) is 0 Å². The molecule has 0 spiro atoms. The lowest BCUT2D eigenvalue weighted by Gasteiger charge is -2.39.